The number of halogens is 2. The highest BCUT2D eigenvalue weighted by Crippen LogP contribution is 2.30. The summed E-state index contributed by atoms with van der Waals surface area (Å²) in [6, 6.07) is 11.6. The van der Waals surface area contributed by atoms with Gasteiger partial charge in [-0.2, -0.15) is 0 Å². The van der Waals surface area contributed by atoms with Gasteiger partial charge in [0.1, 0.15) is 11.5 Å². The Balaban J connectivity index is 2.35. The molecular weight excluding hydrogens is 267 g/mol. The summed E-state index contributed by atoms with van der Waals surface area (Å²) >= 11 is 11.9. The number of hydrogen-bond donors (Lipinski definition) is 0. The minimum absolute atomic E-state index is 0.400. The lowest BCUT2D eigenvalue weighted by Gasteiger charge is -2.11. The molecule has 18 heavy (non-hydrogen) atoms. The van der Waals surface area contributed by atoms with Crippen molar-refractivity contribution in [3.05, 3.63) is 58.1 Å². The third kappa shape index (κ3) is 3.18. The van der Waals surface area contributed by atoms with E-state index in [4.69, 9.17) is 27.9 Å². The number of aryl methyl sites for hydroxylation is 2. The maximum Gasteiger partial charge on any atom is 0.133 e. The van der Waals surface area contributed by atoms with Crippen molar-refractivity contribution < 1.29 is 4.74 Å². The zero-order valence-corrected chi connectivity index (χ0v) is 11.8. The van der Waals surface area contributed by atoms with Gasteiger partial charge in [-0.25, -0.2) is 0 Å². The van der Waals surface area contributed by atoms with Gasteiger partial charge in [0.25, 0.3) is 0 Å². The second kappa shape index (κ2) is 5.64. The average molecular weight is 281 g/mol. The van der Waals surface area contributed by atoms with Gasteiger partial charge >= 0.3 is 0 Å². The fraction of sp³-hybridized carbons (Fsp3) is 0.200. The van der Waals surface area contributed by atoms with Crippen LogP contribution in [-0.4, -0.2) is 0 Å². The van der Waals surface area contributed by atoms with Crippen molar-refractivity contribution in [2.45, 2.75) is 19.7 Å². The summed E-state index contributed by atoms with van der Waals surface area (Å²) in [6.45, 7) is 4.08. The maximum atomic E-state index is 5.98. The predicted molar refractivity (Wildman–Crippen MR) is 77.0 cm³/mol. The first-order chi connectivity index (χ1) is 8.58. The van der Waals surface area contributed by atoms with E-state index in [0.717, 1.165) is 11.3 Å². The topological polar surface area (TPSA) is 9.23 Å². The summed E-state index contributed by atoms with van der Waals surface area (Å²) in [5, 5.41) is 0.642. The molecule has 2 rings (SSSR count). The van der Waals surface area contributed by atoms with Crippen molar-refractivity contribution in [2.75, 3.05) is 0 Å². The fourth-order valence-electron chi connectivity index (χ4n) is 1.85. The highest BCUT2D eigenvalue weighted by atomic mass is 35.5. The van der Waals surface area contributed by atoms with Gasteiger partial charge in [0.2, 0.25) is 0 Å². The van der Waals surface area contributed by atoms with Crippen LogP contribution in [0.4, 0.5) is 0 Å². The first-order valence-electron chi connectivity index (χ1n) is 5.69. The minimum atomic E-state index is 0.400. The summed E-state index contributed by atoms with van der Waals surface area (Å²) in [7, 11) is 0. The molecule has 0 saturated heterocycles. The first kappa shape index (κ1) is 13.3. The highest BCUT2D eigenvalue weighted by Gasteiger charge is 2.06. The summed E-state index contributed by atoms with van der Waals surface area (Å²) < 4.78 is 5.87. The van der Waals surface area contributed by atoms with Crippen LogP contribution in [0.3, 0.4) is 0 Å². The van der Waals surface area contributed by atoms with E-state index in [1.54, 1.807) is 6.07 Å². The van der Waals surface area contributed by atoms with Crippen molar-refractivity contribution >= 4 is 23.2 Å². The third-order valence-electron chi connectivity index (χ3n) is 2.60. The Bertz CT molecular complexity index is 544. The van der Waals surface area contributed by atoms with Crippen molar-refractivity contribution in [1.29, 1.82) is 0 Å². The summed E-state index contributed by atoms with van der Waals surface area (Å²) in [6.07, 6.45) is 0. The second-order valence-electron chi connectivity index (χ2n) is 4.31. The molecule has 94 valence electrons. The van der Waals surface area contributed by atoms with E-state index in [2.05, 4.69) is 6.07 Å². The van der Waals surface area contributed by atoms with E-state index in [1.165, 1.54) is 11.1 Å². The van der Waals surface area contributed by atoms with Gasteiger partial charge in [-0.1, -0.05) is 23.7 Å². The van der Waals surface area contributed by atoms with Gasteiger partial charge in [-0.3, -0.25) is 0 Å². The largest absolute Gasteiger partial charge is 0.457 e. The van der Waals surface area contributed by atoms with Crippen LogP contribution in [0.1, 0.15) is 16.7 Å². The normalized spacial score (nSPS) is 10.4. The summed E-state index contributed by atoms with van der Waals surface area (Å²) in [5.41, 5.74) is 3.26. The molecule has 2 aromatic rings. The third-order valence-corrected chi connectivity index (χ3v) is 3.12. The van der Waals surface area contributed by atoms with Gasteiger partial charge in [-0.05, 0) is 49.2 Å². The molecule has 2 aromatic carbocycles. The first-order valence-corrected chi connectivity index (χ1v) is 6.60. The maximum absolute atomic E-state index is 5.98. The molecule has 1 nitrogen and oxygen atoms in total. The van der Waals surface area contributed by atoms with E-state index < -0.39 is 0 Å². The Morgan fingerprint density at radius 3 is 2.28 bits per heavy atom. The van der Waals surface area contributed by atoms with Crippen LogP contribution < -0.4 is 4.74 Å². The van der Waals surface area contributed by atoms with Crippen LogP contribution in [0.25, 0.3) is 0 Å². The molecular formula is C15H14Cl2O. The summed E-state index contributed by atoms with van der Waals surface area (Å²) in [5.74, 6) is 1.92. The van der Waals surface area contributed by atoms with Crippen LogP contribution in [0.5, 0.6) is 11.5 Å². The Labute approximate surface area is 117 Å². The van der Waals surface area contributed by atoms with Crippen LogP contribution in [-0.2, 0) is 5.88 Å². The molecule has 0 N–H and O–H groups in total. The molecule has 0 aliphatic rings. The van der Waals surface area contributed by atoms with E-state index in [1.807, 2.05) is 38.1 Å². The van der Waals surface area contributed by atoms with Crippen molar-refractivity contribution in [3.63, 3.8) is 0 Å². The van der Waals surface area contributed by atoms with Gasteiger partial charge in [0, 0.05) is 10.6 Å². The zero-order chi connectivity index (χ0) is 13.1. The molecule has 0 spiro atoms. The van der Waals surface area contributed by atoms with E-state index in [9.17, 15) is 0 Å². The molecule has 0 amide bonds. The standard InChI is InChI=1S/C15H14Cl2O/c1-10-5-11(2)7-14(6-10)18-15-8-13(17)4-3-12(15)9-16/h3-8H,9H2,1-2H3. The lowest BCUT2D eigenvalue weighted by Crippen LogP contribution is -1.91. The van der Waals surface area contributed by atoms with Crippen LogP contribution >= 0.6 is 23.2 Å². The quantitative estimate of drug-likeness (QED) is 0.676. The lowest BCUT2D eigenvalue weighted by molar-refractivity contribution is 0.477. The van der Waals surface area contributed by atoms with Crippen molar-refractivity contribution in [2.24, 2.45) is 0 Å². The predicted octanol–water partition coefficient (Wildman–Crippen LogP) is 5.49. The van der Waals surface area contributed by atoms with Gasteiger partial charge in [0.05, 0.1) is 5.88 Å². The van der Waals surface area contributed by atoms with E-state index in [-0.39, 0.29) is 0 Å². The average Bonchev–Trinajstić information content (AvgIpc) is 2.27. The van der Waals surface area contributed by atoms with Gasteiger partial charge < -0.3 is 4.74 Å². The van der Waals surface area contributed by atoms with Crippen molar-refractivity contribution in [1.82, 2.24) is 0 Å². The molecule has 3 heteroatoms. The number of ether oxygens (including phenoxy) is 1. The molecule has 0 heterocycles. The lowest BCUT2D eigenvalue weighted by atomic mass is 10.1. The number of rotatable bonds is 3. The van der Waals surface area contributed by atoms with Gasteiger partial charge in [0.15, 0.2) is 0 Å². The molecule has 0 aliphatic carbocycles. The molecule has 0 unspecified atom stereocenters. The fourth-order valence-corrected chi connectivity index (χ4v) is 2.24. The Morgan fingerprint density at radius 1 is 1.00 bits per heavy atom. The van der Waals surface area contributed by atoms with Crippen molar-refractivity contribution in [3.8, 4) is 11.5 Å². The molecule has 0 aromatic heterocycles. The molecule has 0 aliphatic heterocycles. The molecule has 0 radical (unpaired) electrons. The Hall–Kier alpha value is -1.18. The number of alkyl halides is 1. The molecule has 0 atom stereocenters. The molecule has 0 fully saturated rings. The van der Waals surface area contributed by atoms with Crippen LogP contribution in [0.15, 0.2) is 36.4 Å². The van der Waals surface area contributed by atoms with Crippen LogP contribution in [0.2, 0.25) is 5.02 Å². The number of benzene rings is 2. The smallest absolute Gasteiger partial charge is 0.133 e. The molecule has 0 bridgehead atoms. The molecule has 0 saturated carbocycles. The van der Waals surface area contributed by atoms with Gasteiger partial charge in [-0.15, -0.1) is 11.6 Å². The zero-order valence-electron chi connectivity index (χ0n) is 10.3. The Morgan fingerprint density at radius 2 is 1.67 bits per heavy atom. The second-order valence-corrected chi connectivity index (χ2v) is 5.01. The monoisotopic (exact) mass is 280 g/mol. The SMILES string of the molecule is Cc1cc(C)cc(Oc2cc(Cl)ccc2CCl)c1. The summed E-state index contributed by atoms with van der Waals surface area (Å²) in [4.78, 5) is 0. The highest BCUT2D eigenvalue weighted by molar-refractivity contribution is 6.30. The van der Waals surface area contributed by atoms with E-state index >= 15 is 0 Å². The number of hydrogen-bond acceptors (Lipinski definition) is 1. The minimum Gasteiger partial charge on any atom is -0.457 e. The van der Waals surface area contributed by atoms with Crippen LogP contribution in [0, 0.1) is 13.8 Å². The van der Waals surface area contributed by atoms with E-state index in [0.29, 0.717) is 16.7 Å². The Kier molecular flexibility index (Phi) is 4.15.